The molecule has 0 aliphatic heterocycles. The molecule has 2 aromatic rings. The molecule has 0 radical (unpaired) electrons. The second kappa shape index (κ2) is 4.10. The van der Waals surface area contributed by atoms with Crippen LogP contribution < -0.4 is 5.56 Å². The summed E-state index contributed by atoms with van der Waals surface area (Å²) in [6.45, 7) is 0. The summed E-state index contributed by atoms with van der Waals surface area (Å²) in [5, 5.41) is -0.254. The van der Waals surface area contributed by atoms with Crippen molar-refractivity contribution in [2.45, 2.75) is 5.16 Å². The average Bonchev–Trinajstić information content (AvgIpc) is 2.28. The number of hydrogen-bond acceptors (Lipinski definition) is 5. The monoisotopic (exact) mass is 251 g/mol. The Bertz CT molecular complexity index is 706. The fraction of sp³-hybridized carbons (Fsp3) is 0.100. The van der Waals surface area contributed by atoms with Crippen molar-refractivity contribution in [3.63, 3.8) is 0 Å². The van der Waals surface area contributed by atoms with Crippen molar-refractivity contribution in [2.24, 2.45) is 0 Å². The Kier molecular flexibility index (Phi) is 2.76. The molecule has 0 amide bonds. The molecule has 2 rings (SSSR count). The Hall–Kier alpha value is -2.02. The molecule has 17 heavy (non-hydrogen) atoms. The van der Waals surface area contributed by atoms with Crippen molar-refractivity contribution >= 4 is 9.84 Å². The van der Waals surface area contributed by atoms with Crippen molar-refractivity contribution in [2.75, 3.05) is 6.26 Å². The molecule has 0 fully saturated rings. The fourth-order valence-corrected chi connectivity index (χ4v) is 1.80. The summed E-state index contributed by atoms with van der Waals surface area (Å²) in [7, 11) is -3.45. The molecule has 7 heteroatoms. The minimum atomic E-state index is -3.45. The van der Waals surface area contributed by atoms with Crippen LogP contribution >= 0.6 is 0 Å². The Balaban J connectivity index is 2.58. The molecule has 2 heterocycles. The smallest absolute Gasteiger partial charge is 0.248 e. The molecular weight excluding hydrogens is 242 g/mol. The van der Waals surface area contributed by atoms with E-state index in [1.165, 1.54) is 18.5 Å². The van der Waals surface area contributed by atoms with Crippen LogP contribution in [0.15, 0.2) is 40.5 Å². The van der Waals surface area contributed by atoms with Crippen molar-refractivity contribution < 1.29 is 8.42 Å². The van der Waals surface area contributed by atoms with Gasteiger partial charge in [0, 0.05) is 30.3 Å². The zero-order valence-corrected chi connectivity index (χ0v) is 9.73. The summed E-state index contributed by atoms with van der Waals surface area (Å²) in [6.07, 6.45) is 3.85. The van der Waals surface area contributed by atoms with Gasteiger partial charge in [-0.25, -0.2) is 18.4 Å². The molecule has 0 aliphatic rings. The van der Waals surface area contributed by atoms with Crippen molar-refractivity contribution in [3.8, 4) is 11.3 Å². The van der Waals surface area contributed by atoms with Crippen LogP contribution in [-0.2, 0) is 9.84 Å². The van der Waals surface area contributed by atoms with Gasteiger partial charge < -0.3 is 4.98 Å². The van der Waals surface area contributed by atoms with Gasteiger partial charge in [-0.05, 0) is 12.1 Å². The van der Waals surface area contributed by atoms with Gasteiger partial charge in [0.15, 0.2) is 0 Å². The third-order valence-corrected chi connectivity index (χ3v) is 2.90. The molecule has 88 valence electrons. The van der Waals surface area contributed by atoms with Crippen LogP contribution in [0.2, 0.25) is 0 Å². The van der Waals surface area contributed by atoms with E-state index < -0.39 is 9.84 Å². The molecule has 1 N–H and O–H groups in total. The highest BCUT2D eigenvalue weighted by Crippen LogP contribution is 2.14. The first-order valence-corrected chi connectivity index (χ1v) is 6.58. The predicted molar refractivity (Wildman–Crippen MR) is 61.2 cm³/mol. The molecule has 0 atom stereocenters. The molecule has 0 aromatic carbocycles. The number of nitrogens with zero attached hydrogens (tertiary/aromatic N) is 2. The van der Waals surface area contributed by atoms with Gasteiger partial charge in [0.25, 0.3) is 0 Å². The van der Waals surface area contributed by atoms with E-state index in [2.05, 4.69) is 15.0 Å². The largest absolute Gasteiger partial charge is 0.329 e. The predicted octanol–water partition coefficient (Wildman–Crippen LogP) is 0.235. The first-order chi connectivity index (χ1) is 7.97. The van der Waals surface area contributed by atoms with Crippen molar-refractivity contribution in [3.05, 3.63) is 40.9 Å². The Labute approximate surface area is 97.3 Å². The van der Waals surface area contributed by atoms with Crippen LogP contribution in [0.25, 0.3) is 11.3 Å². The molecule has 0 spiro atoms. The van der Waals surface area contributed by atoms with Crippen molar-refractivity contribution in [1.29, 1.82) is 0 Å². The topological polar surface area (TPSA) is 92.8 Å². The Morgan fingerprint density at radius 3 is 2.71 bits per heavy atom. The third kappa shape index (κ3) is 2.56. The van der Waals surface area contributed by atoms with E-state index >= 15 is 0 Å². The van der Waals surface area contributed by atoms with E-state index in [1.807, 2.05) is 0 Å². The third-order valence-electron chi connectivity index (χ3n) is 2.04. The van der Waals surface area contributed by atoms with Gasteiger partial charge in [-0.3, -0.25) is 4.79 Å². The number of H-pyrrole nitrogens is 1. The number of rotatable bonds is 2. The van der Waals surface area contributed by atoms with Gasteiger partial charge in [-0.2, -0.15) is 0 Å². The molecule has 0 bridgehead atoms. The minimum absolute atomic E-state index is 0.254. The zero-order valence-electron chi connectivity index (χ0n) is 8.91. The second-order valence-corrected chi connectivity index (χ2v) is 5.35. The first kappa shape index (κ1) is 11.5. The van der Waals surface area contributed by atoms with Crippen LogP contribution in [0.5, 0.6) is 0 Å². The maximum absolute atomic E-state index is 11.3. The standard InChI is InChI=1S/C10H9N3O3S/c1-17(15,16)10-12-5-3-8(13-10)7-2-4-11-9(14)6-7/h2-6H,1H3,(H,11,14). The van der Waals surface area contributed by atoms with E-state index in [-0.39, 0.29) is 10.7 Å². The molecular formula is C10H9N3O3S. The second-order valence-electron chi connectivity index (χ2n) is 3.44. The quantitative estimate of drug-likeness (QED) is 0.771. The van der Waals surface area contributed by atoms with E-state index in [9.17, 15) is 13.2 Å². The summed E-state index contributed by atoms with van der Waals surface area (Å²) >= 11 is 0. The van der Waals surface area contributed by atoms with E-state index in [0.717, 1.165) is 6.26 Å². The molecule has 0 saturated heterocycles. The Morgan fingerprint density at radius 1 is 1.29 bits per heavy atom. The summed E-state index contributed by atoms with van der Waals surface area (Å²) in [6, 6.07) is 4.52. The molecule has 2 aromatic heterocycles. The van der Waals surface area contributed by atoms with Crippen LogP contribution in [-0.4, -0.2) is 29.6 Å². The van der Waals surface area contributed by atoms with E-state index in [0.29, 0.717) is 11.3 Å². The minimum Gasteiger partial charge on any atom is -0.329 e. The highest BCUT2D eigenvalue weighted by Gasteiger charge is 2.11. The van der Waals surface area contributed by atoms with E-state index in [1.54, 1.807) is 12.1 Å². The lowest BCUT2D eigenvalue weighted by atomic mass is 10.2. The number of nitrogens with one attached hydrogen (secondary N) is 1. The van der Waals surface area contributed by atoms with Crippen molar-refractivity contribution in [1.82, 2.24) is 15.0 Å². The Morgan fingerprint density at radius 2 is 2.06 bits per heavy atom. The van der Waals surface area contributed by atoms with E-state index in [4.69, 9.17) is 0 Å². The molecule has 0 unspecified atom stereocenters. The molecule has 0 aliphatic carbocycles. The maximum Gasteiger partial charge on any atom is 0.248 e. The van der Waals surface area contributed by atoms with Gasteiger partial charge in [0.05, 0.1) is 5.69 Å². The molecule has 0 saturated carbocycles. The number of aromatic amines is 1. The number of aromatic nitrogens is 3. The number of pyridine rings is 1. The molecule has 6 nitrogen and oxygen atoms in total. The first-order valence-electron chi connectivity index (χ1n) is 4.69. The van der Waals surface area contributed by atoms with Gasteiger partial charge >= 0.3 is 0 Å². The summed E-state index contributed by atoms with van der Waals surface area (Å²) in [4.78, 5) is 21.2. The van der Waals surface area contributed by atoms with Crippen LogP contribution in [0.4, 0.5) is 0 Å². The summed E-state index contributed by atoms with van der Waals surface area (Å²) in [5.74, 6) is 0. The fourth-order valence-electron chi connectivity index (χ4n) is 1.28. The highest BCUT2D eigenvalue weighted by atomic mass is 32.2. The highest BCUT2D eigenvalue weighted by molar-refractivity contribution is 7.90. The van der Waals surface area contributed by atoms with Crippen LogP contribution in [0.3, 0.4) is 0 Å². The maximum atomic E-state index is 11.3. The lowest BCUT2D eigenvalue weighted by Gasteiger charge is -2.01. The lowest BCUT2D eigenvalue weighted by molar-refractivity contribution is 0.593. The average molecular weight is 251 g/mol. The number of sulfone groups is 1. The van der Waals surface area contributed by atoms with Gasteiger partial charge in [0.1, 0.15) is 0 Å². The zero-order chi connectivity index (χ0) is 12.5. The normalized spacial score (nSPS) is 11.4. The van der Waals surface area contributed by atoms with Gasteiger partial charge in [-0.1, -0.05) is 0 Å². The van der Waals surface area contributed by atoms with Crippen LogP contribution in [0.1, 0.15) is 0 Å². The summed E-state index contributed by atoms with van der Waals surface area (Å²) in [5.41, 5.74) is 0.662. The van der Waals surface area contributed by atoms with Gasteiger partial charge in [0.2, 0.25) is 20.6 Å². The number of hydrogen-bond donors (Lipinski definition) is 1. The van der Waals surface area contributed by atoms with Gasteiger partial charge in [-0.15, -0.1) is 0 Å². The SMILES string of the molecule is CS(=O)(=O)c1nccc(-c2cc[nH]c(=O)c2)n1. The van der Waals surface area contributed by atoms with Crippen LogP contribution in [0, 0.1) is 0 Å². The lowest BCUT2D eigenvalue weighted by Crippen LogP contribution is -2.06. The summed E-state index contributed by atoms with van der Waals surface area (Å²) < 4.78 is 22.6.